The molecule has 2 aromatic carbocycles. The Kier molecular flexibility index (Phi) is 5.36. The van der Waals surface area contributed by atoms with Gasteiger partial charge >= 0.3 is 0 Å². The molecule has 2 rings (SSSR count). The highest BCUT2D eigenvalue weighted by atomic mass is 16.5. The molecule has 0 heterocycles. The molecule has 0 spiro atoms. The number of nitrogens with zero attached hydrogens (tertiary/aromatic N) is 1. The standard InChI is InChI=1S/C18H20N2O3/c1-12-5-4-6-13(2)18(12)23-11-17(22)20-19-14(3)15-7-9-16(21)10-8-15/h4-10,21H,11H2,1-3H3,(H,20,22)/b19-14+. The average Bonchev–Trinajstić information content (AvgIpc) is 2.53. The summed E-state index contributed by atoms with van der Waals surface area (Å²) >= 11 is 0. The molecule has 0 atom stereocenters. The maximum atomic E-state index is 11.8. The summed E-state index contributed by atoms with van der Waals surface area (Å²) in [5.74, 6) is 0.584. The number of ether oxygens (including phenoxy) is 1. The highest BCUT2D eigenvalue weighted by Gasteiger charge is 2.07. The summed E-state index contributed by atoms with van der Waals surface area (Å²) in [4.78, 5) is 11.8. The lowest BCUT2D eigenvalue weighted by molar-refractivity contribution is -0.123. The maximum absolute atomic E-state index is 11.8. The smallest absolute Gasteiger partial charge is 0.277 e. The lowest BCUT2D eigenvalue weighted by atomic mass is 10.1. The van der Waals surface area contributed by atoms with E-state index in [4.69, 9.17) is 4.74 Å². The Hall–Kier alpha value is -2.82. The molecular weight excluding hydrogens is 292 g/mol. The zero-order chi connectivity index (χ0) is 16.8. The minimum atomic E-state index is -0.328. The zero-order valence-corrected chi connectivity index (χ0v) is 13.5. The summed E-state index contributed by atoms with van der Waals surface area (Å²) in [6.07, 6.45) is 0. The first-order chi connectivity index (χ1) is 11.0. The molecule has 5 heteroatoms. The minimum Gasteiger partial charge on any atom is -0.508 e. The number of benzene rings is 2. The van der Waals surface area contributed by atoms with Crippen molar-refractivity contribution in [3.8, 4) is 11.5 Å². The zero-order valence-electron chi connectivity index (χ0n) is 13.5. The summed E-state index contributed by atoms with van der Waals surface area (Å²) < 4.78 is 5.57. The Morgan fingerprint density at radius 1 is 1.13 bits per heavy atom. The van der Waals surface area contributed by atoms with Crippen molar-refractivity contribution in [2.45, 2.75) is 20.8 Å². The van der Waals surface area contributed by atoms with Crippen LogP contribution in [0.5, 0.6) is 11.5 Å². The number of hydrogen-bond donors (Lipinski definition) is 2. The van der Waals surface area contributed by atoms with E-state index < -0.39 is 0 Å². The molecule has 0 radical (unpaired) electrons. The van der Waals surface area contributed by atoms with Gasteiger partial charge in [0.15, 0.2) is 6.61 Å². The molecule has 0 bridgehead atoms. The molecule has 0 aromatic heterocycles. The van der Waals surface area contributed by atoms with E-state index in [1.165, 1.54) is 0 Å². The van der Waals surface area contributed by atoms with Gasteiger partial charge in [-0.3, -0.25) is 4.79 Å². The predicted octanol–water partition coefficient (Wildman–Crippen LogP) is 2.93. The number of rotatable bonds is 5. The fourth-order valence-electron chi connectivity index (χ4n) is 2.11. The number of hydrazone groups is 1. The Morgan fingerprint density at radius 3 is 2.35 bits per heavy atom. The Labute approximate surface area is 135 Å². The number of phenols is 1. The summed E-state index contributed by atoms with van der Waals surface area (Å²) in [5.41, 5.74) is 5.90. The largest absolute Gasteiger partial charge is 0.508 e. The molecule has 0 unspecified atom stereocenters. The van der Waals surface area contributed by atoms with Crippen molar-refractivity contribution in [1.82, 2.24) is 5.43 Å². The number of phenolic OH excluding ortho intramolecular Hbond substituents is 1. The van der Waals surface area contributed by atoms with Gasteiger partial charge < -0.3 is 9.84 Å². The number of carbonyl (C=O) groups is 1. The van der Waals surface area contributed by atoms with E-state index in [2.05, 4.69) is 10.5 Å². The van der Waals surface area contributed by atoms with Gasteiger partial charge in [-0.25, -0.2) is 5.43 Å². The summed E-state index contributed by atoms with van der Waals surface area (Å²) in [5, 5.41) is 13.3. The van der Waals surface area contributed by atoms with Crippen molar-refractivity contribution in [1.29, 1.82) is 0 Å². The highest BCUT2D eigenvalue weighted by molar-refractivity contribution is 5.99. The predicted molar refractivity (Wildman–Crippen MR) is 89.9 cm³/mol. The van der Waals surface area contributed by atoms with Crippen LogP contribution in [0.1, 0.15) is 23.6 Å². The van der Waals surface area contributed by atoms with Crippen molar-refractivity contribution in [2.24, 2.45) is 5.10 Å². The fourth-order valence-corrected chi connectivity index (χ4v) is 2.11. The van der Waals surface area contributed by atoms with E-state index in [0.29, 0.717) is 5.71 Å². The molecule has 5 nitrogen and oxygen atoms in total. The monoisotopic (exact) mass is 312 g/mol. The summed E-state index contributed by atoms with van der Waals surface area (Å²) in [6, 6.07) is 12.4. The topological polar surface area (TPSA) is 70.9 Å². The van der Waals surface area contributed by atoms with Gasteiger partial charge in [0.1, 0.15) is 11.5 Å². The second kappa shape index (κ2) is 7.45. The van der Waals surface area contributed by atoms with Crippen molar-refractivity contribution in [3.63, 3.8) is 0 Å². The van der Waals surface area contributed by atoms with Crippen LogP contribution in [-0.2, 0) is 4.79 Å². The summed E-state index contributed by atoms with van der Waals surface area (Å²) in [7, 11) is 0. The molecule has 120 valence electrons. The van der Waals surface area contributed by atoms with Crippen LogP contribution in [0.2, 0.25) is 0 Å². The second-order valence-corrected chi connectivity index (χ2v) is 5.29. The number of nitrogens with one attached hydrogen (secondary N) is 1. The fraction of sp³-hybridized carbons (Fsp3) is 0.222. The normalized spacial score (nSPS) is 11.2. The van der Waals surface area contributed by atoms with Crippen LogP contribution < -0.4 is 10.2 Å². The molecule has 0 aliphatic heterocycles. The summed E-state index contributed by atoms with van der Waals surface area (Å²) in [6.45, 7) is 5.55. The van der Waals surface area contributed by atoms with Gasteiger partial charge in [0.05, 0.1) is 5.71 Å². The van der Waals surface area contributed by atoms with E-state index in [1.807, 2.05) is 32.0 Å². The van der Waals surface area contributed by atoms with E-state index >= 15 is 0 Å². The van der Waals surface area contributed by atoms with Gasteiger partial charge in [-0.2, -0.15) is 5.10 Å². The first-order valence-corrected chi connectivity index (χ1v) is 7.29. The number of hydrogen-bond acceptors (Lipinski definition) is 4. The van der Waals surface area contributed by atoms with E-state index in [0.717, 1.165) is 22.4 Å². The molecule has 23 heavy (non-hydrogen) atoms. The van der Waals surface area contributed by atoms with Crippen LogP contribution in [0.25, 0.3) is 0 Å². The molecular formula is C18H20N2O3. The van der Waals surface area contributed by atoms with Crippen molar-refractivity contribution in [3.05, 3.63) is 59.2 Å². The van der Waals surface area contributed by atoms with E-state index in [9.17, 15) is 9.90 Å². The van der Waals surface area contributed by atoms with Crippen molar-refractivity contribution in [2.75, 3.05) is 6.61 Å². The molecule has 2 aromatic rings. The van der Waals surface area contributed by atoms with E-state index in [-0.39, 0.29) is 18.3 Å². The number of carbonyl (C=O) groups excluding carboxylic acids is 1. The van der Waals surface area contributed by atoms with Gasteiger partial charge in [0.25, 0.3) is 5.91 Å². The Morgan fingerprint density at radius 2 is 1.74 bits per heavy atom. The number of para-hydroxylation sites is 1. The first-order valence-electron chi connectivity index (χ1n) is 7.29. The van der Waals surface area contributed by atoms with Gasteiger partial charge in [0, 0.05) is 0 Å². The molecule has 0 aliphatic carbocycles. The van der Waals surface area contributed by atoms with Crippen LogP contribution in [0.3, 0.4) is 0 Å². The second-order valence-electron chi connectivity index (χ2n) is 5.29. The molecule has 0 saturated carbocycles. The van der Waals surface area contributed by atoms with Crippen molar-refractivity contribution >= 4 is 11.6 Å². The third-order valence-electron chi connectivity index (χ3n) is 3.39. The molecule has 0 aliphatic rings. The maximum Gasteiger partial charge on any atom is 0.277 e. The SMILES string of the molecule is C/C(=N\NC(=O)COc1c(C)cccc1C)c1ccc(O)cc1. The lowest BCUT2D eigenvalue weighted by Gasteiger charge is -2.11. The lowest BCUT2D eigenvalue weighted by Crippen LogP contribution is -2.26. The van der Waals surface area contributed by atoms with Crippen LogP contribution >= 0.6 is 0 Å². The third-order valence-corrected chi connectivity index (χ3v) is 3.39. The number of aryl methyl sites for hydroxylation is 2. The van der Waals surface area contributed by atoms with Gasteiger partial charge in [0.2, 0.25) is 0 Å². The van der Waals surface area contributed by atoms with Gasteiger partial charge in [-0.15, -0.1) is 0 Å². The van der Waals surface area contributed by atoms with Crippen LogP contribution in [0.15, 0.2) is 47.6 Å². The third kappa shape index (κ3) is 4.57. The van der Waals surface area contributed by atoms with Crippen LogP contribution in [-0.4, -0.2) is 23.3 Å². The molecule has 0 fully saturated rings. The quantitative estimate of drug-likeness (QED) is 0.659. The molecule has 1 amide bonds. The number of amides is 1. The molecule has 2 N–H and O–H groups in total. The van der Waals surface area contributed by atoms with Crippen LogP contribution in [0.4, 0.5) is 0 Å². The van der Waals surface area contributed by atoms with E-state index in [1.54, 1.807) is 31.2 Å². The van der Waals surface area contributed by atoms with Gasteiger partial charge in [-0.1, -0.05) is 18.2 Å². The van der Waals surface area contributed by atoms with Crippen LogP contribution in [0, 0.1) is 13.8 Å². The first kappa shape index (κ1) is 16.5. The number of aromatic hydroxyl groups is 1. The van der Waals surface area contributed by atoms with Gasteiger partial charge in [-0.05, 0) is 61.7 Å². The highest BCUT2D eigenvalue weighted by Crippen LogP contribution is 2.21. The minimum absolute atomic E-state index is 0.0992. The molecule has 0 saturated heterocycles. The van der Waals surface area contributed by atoms with Crippen molar-refractivity contribution < 1.29 is 14.6 Å². The Bertz CT molecular complexity index is 701. The average molecular weight is 312 g/mol. The Balaban J connectivity index is 1.92.